The second-order valence-corrected chi connectivity index (χ2v) is 10.3. The maximum absolute atomic E-state index is 15.6. The van der Waals surface area contributed by atoms with Crippen LogP contribution in [0.25, 0.3) is 11.1 Å². The number of carbonyl (C=O) groups excluding carboxylic acids is 1. The molecule has 1 aromatic carbocycles. The van der Waals surface area contributed by atoms with Crippen LogP contribution in [-0.4, -0.2) is 36.2 Å². The molecule has 1 aliphatic rings. The number of ether oxygens (including phenoxy) is 1. The van der Waals surface area contributed by atoms with Crippen molar-refractivity contribution in [2.75, 3.05) is 18.0 Å². The van der Waals surface area contributed by atoms with Gasteiger partial charge in [0.2, 0.25) is 5.91 Å². The van der Waals surface area contributed by atoms with E-state index in [0.29, 0.717) is 25.1 Å². The Bertz CT molecular complexity index is 954. The standard InChI is InChI=1S/C26H36FN3O2/c1-16-8-20(9-17(2)29-16)25-21(13-28-24(31)12-26(5,6)7)10-22(11-23(25)27)30-14-18(3)32-19(4)15-30/h8-11,18-19H,12-15H2,1-7H3,(H,28,31). The molecule has 1 fully saturated rings. The molecule has 0 bridgehead atoms. The van der Waals surface area contributed by atoms with E-state index in [1.807, 2.05) is 66.7 Å². The summed E-state index contributed by atoms with van der Waals surface area (Å²) in [4.78, 5) is 19.1. The number of morpholine rings is 1. The van der Waals surface area contributed by atoms with Crippen LogP contribution in [0, 0.1) is 25.1 Å². The normalized spacial score (nSPS) is 19.2. The molecule has 0 saturated carbocycles. The summed E-state index contributed by atoms with van der Waals surface area (Å²) >= 11 is 0. The Morgan fingerprint density at radius 3 is 2.28 bits per heavy atom. The van der Waals surface area contributed by atoms with E-state index in [9.17, 15) is 4.79 Å². The highest BCUT2D eigenvalue weighted by Gasteiger charge is 2.25. The molecule has 0 aliphatic carbocycles. The molecule has 1 amide bonds. The van der Waals surface area contributed by atoms with Crippen molar-refractivity contribution in [1.29, 1.82) is 0 Å². The number of nitrogens with zero attached hydrogens (tertiary/aromatic N) is 2. The summed E-state index contributed by atoms with van der Waals surface area (Å²) in [5, 5.41) is 3.01. The van der Waals surface area contributed by atoms with Gasteiger partial charge in [0.05, 0.1) is 12.2 Å². The summed E-state index contributed by atoms with van der Waals surface area (Å²) in [6.07, 6.45) is 0.556. The lowest BCUT2D eigenvalue weighted by molar-refractivity contribution is -0.122. The number of rotatable bonds is 5. The van der Waals surface area contributed by atoms with Gasteiger partial charge in [0.25, 0.3) is 0 Å². The van der Waals surface area contributed by atoms with Gasteiger partial charge in [-0.15, -0.1) is 0 Å². The third-order valence-corrected chi connectivity index (χ3v) is 5.48. The molecule has 6 heteroatoms. The first kappa shape index (κ1) is 24.2. The lowest BCUT2D eigenvalue weighted by Crippen LogP contribution is -2.45. The van der Waals surface area contributed by atoms with Crippen LogP contribution in [-0.2, 0) is 16.1 Å². The summed E-state index contributed by atoms with van der Waals surface area (Å²) in [6.45, 7) is 15.6. The van der Waals surface area contributed by atoms with Gasteiger partial charge in [-0.1, -0.05) is 20.8 Å². The number of aryl methyl sites for hydroxylation is 2. The number of hydrogen-bond donors (Lipinski definition) is 1. The largest absolute Gasteiger partial charge is 0.372 e. The van der Waals surface area contributed by atoms with Crippen LogP contribution in [0.2, 0.25) is 0 Å². The number of amides is 1. The molecule has 1 aromatic heterocycles. The molecule has 0 spiro atoms. The maximum atomic E-state index is 15.6. The van der Waals surface area contributed by atoms with Crippen molar-refractivity contribution in [2.24, 2.45) is 5.41 Å². The van der Waals surface area contributed by atoms with Crippen LogP contribution in [0.1, 0.15) is 58.0 Å². The van der Waals surface area contributed by atoms with Crippen LogP contribution in [0.5, 0.6) is 0 Å². The summed E-state index contributed by atoms with van der Waals surface area (Å²) in [7, 11) is 0. The second-order valence-electron chi connectivity index (χ2n) is 10.3. The third-order valence-electron chi connectivity index (χ3n) is 5.48. The molecule has 32 heavy (non-hydrogen) atoms. The summed E-state index contributed by atoms with van der Waals surface area (Å²) < 4.78 is 21.5. The number of carbonyl (C=O) groups is 1. The van der Waals surface area contributed by atoms with Gasteiger partial charge >= 0.3 is 0 Å². The van der Waals surface area contributed by atoms with Gasteiger partial charge in [-0.3, -0.25) is 9.78 Å². The van der Waals surface area contributed by atoms with Gasteiger partial charge in [-0.2, -0.15) is 0 Å². The first-order valence-electron chi connectivity index (χ1n) is 11.4. The van der Waals surface area contributed by atoms with Crippen LogP contribution in [0.15, 0.2) is 24.3 Å². The number of halogens is 1. The van der Waals surface area contributed by atoms with Crippen molar-refractivity contribution in [3.8, 4) is 11.1 Å². The van der Waals surface area contributed by atoms with Crippen LogP contribution < -0.4 is 10.2 Å². The average Bonchev–Trinajstić information content (AvgIpc) is 2.63. The van der Waals surface area contributed by atoms with E-state index >= 15 is 4.39 Å². The Morgan fingerprint density at radius 2 is 1.72 bits per heavy atom. The van der Waals surface area contributed by atoms with Crippen molar-refractivity contribution >= 4 is 11.6 Å². The lowest BCUT2D eigenvalue weighted by atomic mass is 9.92. The van der Waals surface area contributed by atoms with E-state index < -0.39 is 0 Å². The molecule has 3 rings (SSSR count). The van der Waals surface area contributed by atoms with Crippen LogP contribution in [0.4, 0.5) is 10.1 Å². The molecular formula is C26H36FN3O2. The van der Waals surface area contributed by atoms with E-state index in [-0.39, 0.29) is 35.9 Å². The van der Waals surface area contributed by atoms with Crippen molar-refractivity contribution in [3.63, 3.8) is 0 Å². The van der Waals surface area contributed by atoms with Gasteiger partial charge in [0.1, 0.15) is 5.82 Å². The smallest absolute Gasteiger partial charge is 0.220 e. The molecule has 2 aromatic rings. The molecule has 0 radical (unpaired) electrons. The van der Waals surface area contributed by atoms with Crippen LogP contribution >= 0.6 is 0 Å². The van der Waals surface area contributed by atoms with Crippen molar-refractivity contribution < 1.29 is 13.9 Å². The van der Waals surface area contributed by atoms with E-state index in [4.69, 9.17) is 4.74 Å². The van der Waals surface area contributed by atoms with E-state index in [1.165, 1.54) is 0 Å². The minimum Gasteiger partial charge on any atom is -0.372 e. The zero-order chi connectivity index (χ0) is 23.6. The predicted molar refractivity (Wildman–Crippen MR) is 127 cm³/mol. The van der Waals surface area contributed by atoms with Crippen LogP contribution in [0.3, 0.4) is 0 Å². The molecule has 2 heterocycles. The van der Waals surface area contributed by atoms with Gasteiger partial charge in [0.15, 0.2) is 0 Å². The van der Waals surface area contributed by atoms with Gasteiger partial charge < -0.3 is 15.0 Å². The Balaban J connectivity index is 2.00. The lowest BCUT2D eigenvalue weighted by Gasteiger charge is -2.37. The van der Waals surface area contributed by atoms with Gasteiger partial charge in [-0.25, -0.2) is 4.39 Å². The van der Waals surface area contributed by atoms with E-state index in [2.05, 4.69) is 15.2 Å². The van der Waals surface area contributed by atoms with Gasteiger partial charge in [0, 0.05) is 48.7 Å². The zero-order valence-corrected chi connectivity index (χ0v) is 20.4. The summed E-state index contributed by atoms with van der Waals surface area (Å²) in [5.74, 6) is -0.329. The SMILES string of the molecule is Cc1cc(-c2c(F)cc(N3CC(C)OC(C)C3)cc2CNC(=O)CC(C)(C)C)cc(C)n1. The summed E-state index contributed by atoms with van der Waals surface area (Å²) in [6, 6.07) is 7.40. The van der Waals surface area contributed by atoms with E-state index in [1.54, 1.807) is 6.07 Å². The number of nitrogens with one attached hydrogen (secondary N) is 1. The molecule has 2 atom stereocenters. The molecule has 1 aliphatic heterocycles. The Hall–Kier alpha value is -2.47. The number of anilines is 1. The minimum absolute atomic E-state index is 0.0371. The molecule has 5 nitrogen and oxygen atoms in total. The van der Waals surface area contributed by atoms with Crippen molar-refractivity contribution in [3.05, 3.63) is 47.0 Å². The van der Waals surface area contributed by atoms with Crippen molar-refractivity contribution in [1.82, 2.24) is 10.3 Å². The Kier molecular flexibility index (Phi) is 7.23. The highest BCUT2D eigenvalue weighted by Crippen LogP contribution is 2.33. The Labute approximate surface area is 191 Å². The molecule has 1 saturated heterocycles. The quantitative estimate of drug-likeness (QED) is 0.695. The molecule has 2 unspecified atom stereocenters. The molecular weight excluding hydrogens is 405 g/mol. The first-order chi connectivity index (χ1) is 14.9. The highest BCUT2D eigenvalue weighted by atomic mass is 19.1. The number of pyridine rings is 1. The molecule has 174 valence electrons. The predicted octanol–water partition coefficient (Wildman–Crippen LogP) is 5.17. The van der Waals surface area contributed by atoms with Gasteiger partial charge in [-0.05, 0) is 68.5 Å². The maximum Gasteiger partial charge on any atom is 0.220 e. The second kappa shape index (κ2) is 9.57. The third kappa shape index (κ3) is 6.28. The van der Waals surface area contributed by atoms with E-state index in [0.717, 1.165) is 28.2 Å². The fraction of sp³-hybridized carbons (Fsp3) is 0.538. The minimum atomic E-state index is -0.292. The molecule has 1 N–H and O–H groups in total. The summed E-state index contributed by atoms with van der Waals surface area (Å²) in [5.41, 5.74) is 4.44. The zero-order valence-electron chi connectivity index (χ0n) is 20.4. The first-order valence-corrected chi connectivity index (χ1v) is 11.4. The highest BCUT2D eigenvalue weighted by molar-refractivity contribution is 5.78. The number of hydrogen-bond acceptors (Lipinski definition) is 4. The fourth-order valence-corrected chi connectivity index (χ4v) is 4.40. The number of aromatic nitrogens is 1. The average molecular weight is 442 g/mol. The Morgan fingerprint density at radius 1 is 1.12 bits per heavy atom. The topological polar surface area (TPSA) is 54.5 Å². The number of benzene rings is 1. The fourth-order valence-electron chi connectivity index (χ4n) is 4.40. The monoisotopic (exact) mass is 441 g/mol. The van der Waals surface area contributed by atoms with Crippen molar-refractivity contribution in [2.45, 2.75) is 73.6 Å².